The van der Waals surface area contributed by atoms with Gasteiger partial charge in [-0.15, -0.1) is 0 Å². The second-order valence-electron chi connectivity index (χ2n) is 7.21. The minimum atomic E-state index is -0.877. The molecule has 0 fully saturated rings. The van der Waals surface area contributed by atoms with Crippen LogP contribution in [-0.2, 0) is 0 Å². The van der Waals surface area contributed by atoms with E-state index in [1.807, 2.05) is 12.1 Å². The zero-order chi connectivity index (χ0) is 21.1. The summed E-state index contributed by atoms with van der Waals surface area (Å²) in [6, 6.07) is 53.3. The third-order valence-corrected chi connectivity index (χ3v) is 7.80. The van der Waals surface area contributed by atoms with Gasteiger partial charge in [0.25, 0.3) is 0 Å². The molecule has 0 aliphatic heterocycles. The fraction of sp³-hybridized carbons (Fsp3) is 0. The standard InChI is InChI=1S/C18H15P.C12H10.ClH/c1-4-10-16(11-5-1)19(17-12-6-2-7-13-17)18-14-8-3-9-15-18;1-3-7-11(8-4-1)12-9-5-2-6-10-12;/h1-15H;1-10H;1H. The Labute approximate surface area is 198 Å². The van der Waals surface area contributed by atoms with Gasteiger partial charge in [0.1, 0.15) is 15.9 Å². The van der Waals surface area contributed by atoms with E-state index in [-0.39, 0.29) is 12.4 Å². The molecule has 0 aliphatic rings. The Morgan fingerprint density at radius 3 is 0.750 bits per heavy atom. The Hall–Kier alpha value is -3.18. The summed E-state index contributed by atoms with van der Waals surface area (Å²) in [5.41, 5.74) is 2.55. The predicted octanol–water partition coefficient (Wildman–Crippen LogP) is 3.53. The van der Waals surface area contributed by atoms with Gasteiger partial charge in [0.05, 0.1) is 7.92 Å². The first kappa shape index (κ1) is 23.5. The van der Waals surface area contributed by atoms with Crippen LogP contribution in [0.4, 0.5) is 0 Å². The van der Waals surface area contributed by atoms with Gasteiger partial charge in [-0.2, -0.15) is 0 Å². The van der Waals surface area contributed by atoms with Crippen molar-refractivity contribution in [3.63, 3.8) is 0 Å². The van der Waals surface area contributed by atoms with Crippen molar-refractivity contribution in [3.05, 3.63) is 152 Å². The molecule has 5 aromatic rings. The van der Waals surface area contributed by atoms with Crippen molar-refractivity contribution < 1.29 is 12.4 Å². The van der Waals surface area contributed by atoms with Crippen molar-refractivity contribution in [1.82, 2.24) is 0 Å². The fourth-order valence-corrected chi connectivity index (χ4v) is 6.15. The number of hydrogen-bond acceptors (Lipinski definition) is 0. The fourth-order valence-electron chi connectivity index (χ4n) is 3.58. The van der Waals surface area contributed by atoms with Crippen molar-refractivity contribution in [2.24, 2.45) is 0 Å². The highest BCUT2D eigenvalue weighted by Crippen LogP contribution is 2.32. The van der Waals surface area contributed by atoms with Crippen LogP contribution in [0.2, 0.25) is 0 Å². The molecule has 5 rings (SSSR count). The lowest BCUT2D eigenvalue weighted by Gasteiger charge is -2.10. The molecule has 0 spiro atoms. The highest BCUT2D eigenvalue weighted by Gasteiger charge is 2.24. The van der Waals surface area contributed by atoms with Crippen molar-refractivity contribution in [2.45, 2.75) is 0 Å². The van der Waals surface area contributed by atoms with Crippen molar-refractivity contribution in [1.29, 1.82) is 0 Å². The number of rotatable bonds is 4. The molecule has 0 aliphatic carbocycles. The van der Waals surface area contributed by atoms with Crippen LogP contribution in [0.25, 0.3) is 11.1 Å². The van der Waals surface area contributed by atoms with Crippen LogP contribution < -0.4 is 28.3 Å². The van der Waals surface area contributed by atoms with Crippen LogP contribution in [0.3, 0.4) is 0 Å². The molecule has 2 heteroatoms. The van der Waals surface area contributed by atoms with Crippen LogP contribution in [0.5, 0.6) is 0 Å². The zero-order valence-corrected chi connectivity index (χ0v) is 19.6. The Balaban J connectivity index is 0.000000193. The predicted molar refractivity (Wildman–Crippen MR) is 138 cm³/mol. The summed E-state index contributed by atoms with van der Waals surface area (Å²) in [6.45, 7) is 0. The highest BCUT2D eigenvalue weighted by molar-refractivity contribution is 7.79. The van der Waals surface area contributed by atoms with E-state index < -0.39 is 7.92 Å². The van der Waals surface area contributed by atoms with Gasteiger partial charge in [0.15, 0.2) is 0 Å². The summed E-state index contributed by atoms with van der Waals surface area (Å²) in [6.07, 6.45) is 0. The number of halogens is 1. The molecule has 0 saturated heterocycles. The van der Waals surface area contributed by atoms with Crippen molar-refractivity contribution in [2.75, 3.05) is 0 Å². The molecule has 0 bridgehead atoms. The van der Waals surface area contributed by atoms with Gasteiger partial charge in [-0.25, -0.2) is 0 Å². The first-order valence-corrected chi connectivity index (χ1v) is 12.1. The van der Waals surface area contributed by atoms with Gasteiger partial charge in [-0.3, -0.25) is 0 Å². The maximum absolute atomic E-state index is 2.24. The maximum atomic E-state index is 2.24. The number of hydrogen-bond donors (Lipinski definition) is 0. The molecule has 32 heavy (non-hydrogen) atoms. The molecule has 0 nitrogen and oxygen atoms in total. The normalized spacial score (nSPS) is 9.91. The molecule has 0 unspecified atom stereocenters. The summed E-state index contributed by atoms with van der Waals surface area (Å²) in [5.74, 6) is 0. The minimum Gasteiger partial charge on any atom is -1.00 e. The summed E-state index contributed by atoms with van der Waals surface area (Å²) in [7, 11) is -0.877. The van der Waals surface area contributed by atoms with Crippen molar-refractivity contribution in [3.8, 4) is 11.1 Å². The van der Waals surface area contributed by atoms with Gasteiger partial charge in [0, 0.05) is 0 Å². The van der Waals surface area contributed by atoms with Gasteiger partial charge in [-0.05, 0) is 47.5 Å². The quantitative estimate of drug-likeness (QED) is 0.366. The van der Waals surface area contributed by atoms with Gasteiger partial charge >= 0.3 is 0 Å². The molecule has 0 amide bonds. The lowest BCUT2D eigenvalue weighted by Crippen LogP contribution is -3.00. The average Bonchev–Trinajstić information content (AvgIpc) is 2.88. The molecular weight excluding hydrogens is 427 g/mol. The van der Waals surface area contributed by atoms with Crippen LogP contribution in [-0.4, -0.2) is 0 Å². The number of benzene rings is 5. The van der Waals surface area contributed by atoms with Gasteiger partial charge in [0.2, 0.25) is 0 Å². The van der Waals surface area contributed by atoms with Crippen LogP contribution in [0, 0.1) is 0 Å². The van der Waals surface area contributed by atoms with Crippen LogP contribution >= 0.6 is 7.92 Å². The molecule has 0 aromatic heterocycles. The monoisotopic (exact) mass is 452 g/mol. The van der Waals surface area contributed by atoms with Crippen molar-refractivity contribution >= 4 is 23.8 Å². The summed E-state index contributed by atoms with van der Waals surface area (Å²) in [4.78, 5) is 0. The summed E-state index contributed by atoms with van der Waals surface area (Å²) < 4.78 is 0. The van der Waals surface area contributed by atoms with Crippen LogP contribution in [0.1, 0.15) is 0 Å². The average molecular weight is 453 g/mol. The molecule has 158 valence electrons. The molecule has 0 atom stereocenters. The van der Waals surface area contributed by atoms with E-state index >= 15 is 0 Å². The Bertz CT molecular complexity index is 1010. The first-order valence-electron chi connectivity index (χ1n) is 10.6. The molecule has 0 heterocycles. The zero-order valence-electron chi connectivity index (χ0n) is 17.8. The lowest BCUT2D eigenvalue weighted by molar-refractivity contribution is -0.00000588. The summed E-state index contributed by atoms with van der Waals surface area (Å²) >= 11 is 0. The van der Waals surface area contributed by atoms with Gasteiger partial charge in [-0.1, -0.05) is 115 Å². The highest BCUT2D eigenvalue weighted by atomic mass is 35.5. The Kier molecular flexibility index (Phi) is 9.26. The minimum absolute atomic E-state index is 0. The second kappa shape index (κ2) is 12.6. The molecule has 5 aromatic carbocycles. The Morgan fingerprint density at radius 1 is 0.281 bits per heavy atom. The topological polar surface area (TPSA) is 0 Å². The molecular formula is C30H26ClP. The third-order valence-electron chi connectivity index (χ3n) is 5.07. The van der Waals surface area contributed by atoms with Crippen LogP contribution in [0.15, 0.2) is 152 Å². The second-order valence-corrected chi connectivity index (χ2v) is 9.69. The summed E-state index contributed by atoms with van der Waals surface area (Å²) in [5, 5.41) is 4.31. The van der Waals surface area contributed by atoms with E-state index in [0.717, 1.165) is 0 Å². The maximum Gasteiger partial charge on any atom is 0.102 e. The van der Waals surface area contributed by atoms with Gasteiger partial charge < -0.3 is 12.4 Å². The van der Waals surface area contributed by atoms with E-state index in [9.17, 15) is 0 Å². The lowest BCUT2D eigenvalue weighted by atomic mass is 10.1. The van der Waals surface area contributed by atoms with E-state index in [2.05, 4.69) is 140 Å². The molecule has 0 N–H and O–H groups in total. The SMILES string of the molecule is [Cl-].c1ccc(-c2ccccc2)cc1.c1ccc([PH+](c2ccccc2)c2ccccc2)cc1. The third kappa shape index (κ3) is 6.41. The molecule has 0 saturated carbocycles. The molecule has 0 radical (unpaired) electrons. The largest absolute Gasteiger partial charge is 1.00 e. The first-order chi connectivity index (χ1) is 15.4. The van der Waals surface area contributed by atoms with E-state index in [1.165, 1.54) is 27.0 Å². The van der Waals surface area contributed by atoms with E-state index in [0.29, 0.717) is 0 Å². The Morgan fingerprint density at radius 2 is 0.500 bits per heavy atom. The smallest absolute Gasteiger partial charge is 0.102 e. The van der Waals surface area contributed by atoms with E-state index in [1.54, 1.807) is 0 Å². The van der Waals surface area contributed by atoms with E-state index in [4.69, 9.17) is 0 Å².